The molecule has 1 aliphatic heterocycles. The summed E-state index contributed by atoms with van der Waals surface area (Å²) in [5, 5.41) is 2.99. The number of amides is 1. The Hall–Kier alpha value is -1.11. The van der Waals surface area contributed by atoms with Crippen molar-refractivity contribution in [1.82, 2.24) is 10.2 Å². The maximum atomic E-state index is 12.2. The van der Waals surface area contributed by atoms with Gasteiger partial charge in [0.1, 0.15) is 0 Å². The van der Waals surface area contributed by atoms with Crippen molar-refractivity contribution in [3.8, 4) is 0 Å². The van der Waals surface area contributed by atoms with E-state index in [1.54, 1.807) is 12.1 Å². The topological polar surface area (TPSA) is 67.6 Å². The van der Waals surface area contributed by atoms with Crippen LogP contribution in [0, 0.1) is 0 Å². The van der Waals surface area contributed by atoms with Crippen molar-refractivity contribution in [3.63, 3.8) is 0 Å². The van der Waals surface area contributed by atoms with E-state index in [1.165, 1.54) is 0 Å². The van der Waals surface area contributed by atoms with Crippen LogP contribution >= 0.6 is 15.9 Å². The zero-order valence-corrected chi connectivity index (χ0v) is 13.1. The molecule has 1 aromatic rings. The SMILES string of the molecule is CC(CN1CCOCC1)NC(=O)c1cc(Br)ccc1N. The number of nitrogens with two attached hydrogens (primary N) is 1. The van der Waals surface area contributed by atoms with E-state index < -0.39 is 0 Å². The van der Waals surface area contributed by atoms with Gasteiger partial charge in [-0.25, -0.2) is 0 Å². The Morgan fingerprint density at radius 3 is 2.90 bits per heavy atom. The van der Waals surface area contributed by atoms with Gasteiger partial charge in [-0.15, -0.1) is 0 Å². The van der Waals surface area contributed by atoms with Gasteiger partial charge >= 0.3 is 0 Å². The van der Waals surface area contributed by atoms with Crippen LogP contribution in [0.1, 0.15) is 17.3 Å². The summed E-state index contributed by atoms with van der Waals surface area (Å²) >= 11 is 3.35. The van der Waals surface area contributed by atoms with E-state index in [-0.39, 0.29) is 11.9 Å². The number of nitrogens with zero attached hydrogens (tertiary/aromatic N) is 1. The second kappa shape index (κ2) is 7.06. The van der Waals surface area contributed by atoms with Crippen LogP contribution < -0.4 is 11.1 Å². The average Bonchev–Trinajstić information content (AvgIpc) is 2.42. The quantitative estimate of drug-likeness (QED) is 0.814. The van der Waals surface area contributed by atoms with Crippen LogP contribution in [0.4, 0.5) is 5.69 Å². The number of ether oxygens (including phenoxy) is 1. The fraction of sp³-hybridized carbons (Fsp3) is 0.500. The molecule has 0 bridgehead atoms. The van der Waals surface area contributed by atoms with Gasteiger partial charge in [0.05, 0.1) is 18.8 Å². The second-order valence-corrected chi connectivity index (χ2v) is 5.93. The van der Waals surface area contributed by atoms with E-state index in [1.807, 2.05) is 13.0 Å². The number of nitrogens with one attached hydrogen (secondary N) is 1. The van der Waals surface area contributed by atoms with Gasteiger partial charge in [0.15, 0.2) is 0 Å². The minimum atomic E-state index is -0.135. The highest BCUT2D eigenvalue weighted by molar-refractivity contribution is 9.10. The maximum absolute atomic E-state index is 12.2. The Kier molecular flexibility index (Phi) is 5.39. The van der Waals surface area contributed by atoms with Crippen molar-refractivity contribution >= 4 is 27.5 Å². The molecular weight excluding hydrogens is 322 g/mol. The molecule has 1 aromatic carbocycles. The summed E-state index contributed by atoms with van der Waals surface area (Å²) in [4.78, 5) is 14.5. The lowest BCUT2D eigenvalue weighted by Crippen LogP contribution is -2.46. The Morgan fingerprint density at radius 2 is 2.20 bits per heavy atom. The average molecular weight is 342 g/mol. The largest absolute Gasteiger partial charge is 0.398 e. The van der Waals surface area contributed by atoms with Crippen LogP contribution in [0.15, 0.2) is 22.7 Å². The summed E-state index contributed by atoms with van der Waals surface area (Å²) in [7, 11) is 0. The third-order valence-corrected chi connectivity index (χ3v) is 3.77. The summed E-state index contributed by atoms with van der Waals surface area (Å²) in [6.45, 7) is 6.18. The van der Waals surface area contributed by atoms with Crippen molar-refractivity contribution in [2.45, 2.75) is 13.0 Å². The van der Waals surface area contributed by atoms with Crippen LogP contribution in [0.25, 0.3) is 0 Å². The minimum absolute atomic E-state index is 0.0685. The van der Waals surface area contributed by atoms with Gasteiger partial charge in [-0.2, -0.15) is 0 Å². The Balaban J connectivity index is 1.91. The third-order valence-electron chi connectivity index (χ3n) is 3.27. The van der Waals surface area contributed by atoms with Gasteiger partial charge in [-0.1, -0.05) is 15.9 Å². The van der Waals surface area contributed by atoms with Crippen molar-refractivity contribution in [2.24, 2.45) is 0 Å². The maximum Gasteiger partial charge on any atom is 0.253 e. The lowest BCUT2D eigenvalue weighted by Gasteiger charge is -2.29. The van der Waals surface area contributed by atoms with Gasteiger partial charge in [-0.3, -0.25) is 9.69 Å². The van der Waals surface area contributed by atoms with E-state index in [0.29, 0.717) is 11.3 Å². The minimum Gasteiger partial charge on any atom is -0.398 e. The molecule has 0 saturated carbocycles. The molecule has 1 saturated heterocycles. The summed E-state index contributed by atoms with van der Waals surface area (Å²) in [6, 6.07) is 5.36. The van der Waals surface area contributed by atoms with E-state index in [0.717, 1.165) is 37.3 Å². The molecule has 1 heterocycles. The fourth-order valence-electron chi connectivity index (χ4n) is 2.24. The van der Waals surface area contributed by atoms with Gasteiger partial charge < -0.3 is 15.8 Å². The lowest BCUT2D eigenvalue weighted by molar-refractivity contribution is 0.0342. The summed E-state index contributed by atoms with van der Waals surface area (Å²) in [6.07, 6.45) is 0. The van der Waals surface area contributed by atoms with Crippen LogP contribution in [-0.4, -0.2) is 49.7 Å². The first-order valence-electron chi connectivity index (χ1n) is 6.72. The first-order chi connectivity index (χ1) is 9.56. The second-order valence-electron chi connectivity index (χ2n) is 5.02. The van der Waals surface area contributed by atoms with Gasteiger partial charge in [-0.05, 0) is 25.1 Å². The van der Waals surface area contributed by atoms with E-state index in [2.05, 4.69) is 26.1 Å². The molecule has 6 heteroatoms. The van der Waals surface area contributed by atoms with Gasteiger partial charge in [0.2, 0.25) is 0 Å². The fourth-order valence-corrected chi connectivity index (χ4v) is 2.60. The molecule has 0 radical (unpaired) electrons. The molecule has 20 heavy (non-hydrogen) atoms. The number of nitrogen functional groups attached to an aromatic ring is 1. The first-order valence-corrected chi connectivity index (χ1v) is 7.51. The smallest absolute Gasteiger partial charge is 0.253 e. The van der Waals surface area contributed by atoms with Crippen LogP contribution in [0.3, 0.4) is 0 Å². The number of anilines is 1. The molecule has 2 rings (SSSR count). The van der Waals surface area contributed by atoms with Crippen LogP contribution in [0.5, 0.6) is 0 Å². The predicted octanol–water partition coefficient (Wildman–Crippen LogP) is 1.48. The zero-order valence-electron chi connectivity index (χ0n) is 11.6. The first kappa shape index (κ1) is 15.3. The number of morpholine rings is 1. The van der Waals surface area contributed by atoms with Gasteiger partial charge in [0.25, 0.3) is 5.91 Å². The van der Waals surface area contributed by atoms with Crippen LogP contribution in [0.2, 0.25) is 0 Å². The number of rotatable bonds is 4. The lowest BCUT2D eigenvalue weighted by atomic mass is 10.1. The van der Waals surface area contributed by atoms with E-state index in [4.69, 9.17) is 10.5 Å². The van der Waals surface area contributed by atoms with Gasteiger partial charge in [0, 0.05) is 35.8 Å². The monoisotopic (exact) mass is 341 g/mol. The highest BCUT2D eigenvalue weighted by atomic mass is 79.9. The number of carbonyl (C=O) groups is 1. The van der Waals surface area contributed by atoms with Crippen molar-refractivity contribution in [2.75, 3.05) is 38.6 Å². The molecule has 0 spiro atoms. The molecule has 1 fully saturated rings. The number of hydrogen-bond acceptors (Lipinski definition) is 4. The molecule has 1 atom stereocenters. The number of carbonyl (C=O) groups excluding carboxylic acids is 1. The molecule has 0 aliphatic carbocycles. The highest BCUT2D eigenvalue weighted by Gasteiger charge is 2.17. The van der Waals surface area contributed by atoms with E-state index in [9.17, 15) is 4.79 Å². The van der Waals surface area contributed by atoms with Crippen molar-refractivity contribution < 1.29 is 9.53 Å². The van der Waals surface area contributed by atoms with Crippen LogP contribution in [-0.2, 0) is 4.74 Å². The molecule has 3 N–H and O–H groups in total. The molecular formula is C14H20BrN3O2. The highest BCUT2D eigenvalue weighted by Crippen LogP contribution is 2.18. The summed E-state index contributed by atoms with van der Waals surface area (Å²) in [5.41, 5.74) is 6.84. The standard InChI is InChI=1S/C14H20BrN3O2/c1-10(9-18-4-6-20-7-5-18)17-14(19)12-8-11(15)2-3-13(12)16/h2-3,8,10H,4-7,9,16H2,1H3,(H,17,19). The number of benzene rings is 1. The third kappa shape index (κ3) is 4.19. The molecule has 5 nitrogen and oxygen atoms in total. The number of halogens is 1. The molecule has 1 amide bonds. The normalized spacial score (nSPS) is 17.7. The molecule has 1 unspecified atom stereocenters. The summed E-state index contributed by atoms with van der Waals surface area (Å²) in [5.74, 6) is -0.135. The molecule has 1 aliphatic rings. The molecule has 0 aromatic heterocycles. The Bertz CT molecular complexity index is 475. The Labute approximate surface area is 127 Å². The zero-order chi connectivity index (χ0) is 14.5. The number of hydrogen-bond donors (Lipinski definition) is 2. The predicted molar refractivity (Wildman–Crippen MR) is 82.7 cm³/mol. The Morgan fingerprint density at radius 1 is 1.50 bits per heavy atom. The summed E-state index contributed by atoms with van der Waals surface area (Å²) < 4.78 is 6.15. The van der Waals surface area contributed by atoms with Crippen molar-refractivity contribution in [3.05, 3.63) is 28.2 Å². The van der Waals surface area contributed by atoms with Crippen molar-refractivity contribution in [1.29, 1.82) is 0 Å². The van der Waals surface area contributed by atoms with E-state index >= 15 is 0 Å². The molecule has 110 valence electrons.